The number of hydrogen-bond donors (Lipinski definition) is 1. The van der Waals surface area contributed by atoms with Crippen molar-refractivity contribution in [1.82, 2.24) is 0 Å². The summed E-state index contributed by atoms with van der Waals surface area (Å²) in [7, 11) is 0. The minimum absolute atomic E-state index is 0.00426. The summed E-state index contributed by atoms with van der Waals surface area (Å²) in [4.78, 5) is 24.4. The Labute approximate surface area is 149 Å². The number of esters is 2. The molecule has 2 rings (SSSR count). The van der Waals surface area contributed by atoms with Crippen LogP contribution >= 0.6 is 11.3 Å². The Morgan fingerprint density at radius 3 is 2.64 bits per heavy atom. The number of rotatable bonds is 6. The van der Waals surface area contributed by atoms with Gasteiger partial charge in [-0.3, -0.25) is 10.2 Å². The third-order valence-electron chi connectivity index (χ3n) is 3.61. The highest BCUT2D eigenvalue weighted by Gasteiger charge is 2.43. The summed E-state index contributed by atoms with van der Waals surface area (Å²) >= 11 is 1.41. The summed E-state index contributed by atoms with van der Waals surface area (Å²) in [5.41, 5.74) is 0.796. The van der Waals surface area contributed by atoms with Crippen molar-refractivity contribution in [3.63, 3.8) is 0 Å². The number of nitrogens with one attached hydrogen (secondary N) is 1. The monoisotopic (exact) mass is 362 g/mol. The first-order valence-corrected chi connectivity index (χ1v) is 8.71. The second-order valence-corrected chi connectivity index (χ2v) is 5.93. The lowest BCUT2D eigenvalue weighted by Gasteiger charge is -2.30. The van der Waals surface area contributed by atoms with Crippen molar-refractivity contribution in [3.05, 3.63) is 33.7 Å². The molecule has 2 unspecified atom stereocenters. The normalized spacial score (nSPS) is 19.8. The van der Waals surface area contributed by atoms with Crippen LogP contribution in [0.2, 0.25) is 0 Å². The average Bonchev–Trinajstić information content (AvgIpc) is 3.08. The zero-order valence-electron chi connectivity index (χ0n) is 13.9. The van der Waals surface area contributed by atoms with Gasteiger partial charge in [0.05, 0.1) is 24.9 Å². The summed E-state index contributed by atoms with van der Waals surface area (Å²) in [6.45, 7) is 3.66. The van der Waals surface area contributed by atoms with Crippen LogP contribution in [0.15, 0.2) is 28.2 Å². The van der Waals surface area contributed by atoms with Crippen LogP contribution in [0, 0.1) is 22.7 Å². The van der Waals surface area contributed by atoms with Gasteiger partial charge in [-0.2, -0.15) is 16.6 Å². The molecule has 0 saturated heterocycles. The third kappa shape index (κ3) is 4.06. The molecule has 2 heterocycles. The SMILES string of the molecule is CCOC(=O)CC1=C(C(=O)OCC)C(c2ccsc2)C(C#N)C(=N)O1. The highest BCUT2D eigenvalue weighted by Crippen LogP contribution is 2.41. The molecule has 1 N–H and O–H groups in total. The Morgan fingerprint density at radius 2 is 2.08 bits per heavy atom. The molecule has 8 heteroatoms. The molecule has 7 nitrogen and oxygen atoms in total. The Balaban J connectivity index is 2.56. The molecule has 25 heavy (non-hydrogen) atoms. The van der Waals surface area contributed by atoms with Crippen molar-refractivity contribution in [2.24, 2.45) is 5.92 Å². The molecule has 2 atom stereocenters. The third-order valence-corrected chi connectivity index (χ3v) is 4.31. The van der Waals surface area contributed by atoms with Crippen LogP contribution in [0.4, 0.5) is 0 Å². The van der Waals surface area contributed by atoms with Crippen LogP contribution in [0.5, 0.6) is 0 Å². The average molecular weight is 362 g/mol. The molecule has 0 amide bonds. The summed E-state index contributed by atoms with van der Waals surface area (Å²) in [5, 5.41) is 21.1. The molecular weight excluding hydrogens is 344 g/mol. The zero-order chi connectivity index (χ0) is 18.4. The number of nitrogens with zero attached hydrogens (tertiary/aromatic N) is 1. The number of ether oxygens (including phenoxy) is 3. The van der Waals surface area contributed by atoms with Crippen molar-refractivity contribution < 1.29 is 23.8 Å². The van der Waals surface area contributed by atoms with Crippen LogP contribution in [-0.4, -0.2) is 31.1 Å². The highest BCUT2D eigenvalue weighted by molar-refractivity contribution is 7.08. The van der Waals surface area contributed by atoms with Gasteiger partial charge in [-0.25, -0.2) is 4.79 Å². The summed E-state index contributed by atoms with van der Waals surface area (Å²) in [6.07, 6.45) is -0.302. The maximum Gasteiger partial charge on any atom is 0.338 e. The van der Waals surface area contributed by atoms with Crippen molar-refractivity contribution >= 4 is 29.2 Å². The molecule has 1 aliphatic rings. The van der Waals surface area contributed by atoms with Crippen LogP contribution in [0.1, 0.15) is 31.7 Å². The highest BCUT2D eigenvalue weighted by atomic mass is 32.1. The number of carbonyl (C=O) groups is 2. The topological polar surface area (TPSA) is 109 Å². The maximum absolute atomic E-state index is 12.5. The first kappa shape index (κ1) is 18.7. The Kier molecular flexibility index (Phi) is 6.31. The van der Waals surface area contributed by atoms with Gasteiger partial charge in [0, 0.05) is 5.92 Å². The fourth-order valence-electron chi connectivity index (χ4n) is 2.61. The van der Waals surface area contributed by atoms with E-state index in [1.165, 1.54) is 11.3 Å². The Hall–Kier alpha value is -2.66. The van der Waals surface area contributed by atoms with Crippen molar-refractivity contribution in [1.29, 1.82) is 10.7 Å². The quantitative estimate of drug-likeness (QED) is 0.779. The predicted octanol–water partition coefficient (Wildman–Crippen LogP) is 2.75. The van der Waals surface area contributed by atoms with Gasteiger partial charge in [0.2, 0.25) is 5.90 Å². The van der Waals surface area contributed by atoms with E-state index in [9.17, 15) is 14.9 Å². The first-order chi connectivity index (χ1) is 12.0. The lowest BCUT2D eigenvalue weighted by molar-refractivity contribution is -0.142. The van der Waals surface area contributed by atoms with Crippen LogP contribution in [-0.2, 0) is 23.8 Å². The summed E-state index contributed by atoms with van der Waals surface area (Å²) in [5.74, 6) is -3.23. The standard InChI is InChI=1S/C17H18N2O5S/c1-3-22-13(20)7-12-15(17(21)23-4-2)14(10-5-6-25-9-10)11(8-18)16(19)24-12/h5-6,9,11,14,19H,3-4,7H2,1-2H3. The molecule has 0 saturated carbocycles. The molecule has 1 aromatic rings. The molecule has 132 valence electrons. The Morgan fingerprint density at radius 1 is 1.36 bits per heavy atom. The lowest BCUT2D eigenvalue weighted by Crippen LogP contribution is -2.34. The van der Waals surface area contributed by atoms with Crippen LogP contribution in [0.25, 0.3) is 0 Å². The number of carbonyl (C=O) groups excluding carboxylic acids is 2. The van der Waals surface area contributed by atoms with Crippen LogP contribution in [0.3, 0.4) is 0 Å². The molecule has 0 radical (unpaired) electrons. The van der Waals surface area contributed by atoms with Gasteiger partial charge in [-0.05, 0) is 36.2 Å². The van der Waals surface area contributed by atoms with E-state index in [4.69, 9.17) is 19.6 Å². The van der Waals surface area contributed by atoms with E-state index >= 15 is 0 Å². The summed E-state index contributed by atoms with van der Waals surface area (Å²) in [6, 6.07) is 3.79. The second kappa shape index (κ2) is 8.44. The van der Waals surface area contributed by atoms with E-state index < -0.39 is 23.8 Å². The molecule has 0 aliphatic carbocycles. The van der Waals surface area contributed by atoms with Gasteiger partial charge in [0.15, 0.2) is 0 Å². The molecule has 1 aliphatic heterocycles. The second-order valence-electron chi connectivity index (χ2n) is 5.15. The first-order valence-electron chi connectivity index (χ1n) is 7.77. The van der Waals surface area contributed by atoms with E-state index in [0.717, 1.165) is 0 Å². The fraction of sp³-hybridized carbons (Fsp3) is 0.412. The van der Waals surface area contributed by atoms with Crippen LogP contribution < -0.4 is 0 Å². The lowest BCUT2D eigenvalue weighted by atomic mass is 9.79. The van der Waals surface area contributed by atoms with Crippen molar-refractivity contribution in [2.75, 3.05) is 13.2 Å². The molecule has 0 spiro atoms. The maximum atomic E-state index is 12.5. The van der Waals surface area contributed by atoms with E-state index in [1.54, 1.807) is 25.3 Å². The minimum Gasteiger partial charge on any atom is -0.466 e. The van der Waals surface area contributed by atoms with Gasteiger partial charge >= 0.3 is 11.9 Å². The van der Waals surface area contributed by atoms with E-state index in [2.05, 4.69) is 0 Å². The fourth-order valence-corrected chi connectivity index (χ4v) is 3.31. The number of thiophene rings is 1. The minimum atomic E-state index is -0.972. The molecule has 0 aromatic carbocycles. The Bertz CT molecular complexity index is 733. The van der Waals surface area contributed by atoms with Gasteiger partial charge < -0.3 is 14.2 Å². The predicted molar refractivity (Wildman–Crippen MR) is 89.9 cm³/mol. The summed E-state index contributed by atoms with van der Waals surface area (Å²) < 4.78 is 15.4. The van der Waals surface area contributed by atoms with Gasteiger partial charge in [0.1, 0.15) is 18.1 Å². The van der Waals surface area contributed by atoms with Crippen molar-refractivity contribution in [3.8, 4) is 6.07 Å². The molecule has 0 fully saturated rings. The molecular formula is C17H18N2O5S. The molecule has 1 aromatic heterocycles. The number of nitriles is 1. The smallest absolute Gasteiger partial charge is 0.338 e. The van der Waals surface area contributed by atoms with E-state index in [1.807, 2.05) is 11.4 Å². The number of hydrogen-bond acceptors (Lipinski definition) is 8. The van der Waals surface area contributed by atoms with Gasteiger partial charge in [0.25, 0.3) is 0 Å². The van der Waals surface area contributed by atoms with Gasteiger partial charge in [-0.15, -0.1) is 0 Å². The zero-order valence-corrected chi connectivity index (χ0v) is 14.7. The van der Waals surface area contributed by atoms with E-state index in [0.29, 0.717) is 5.56 Å². The van der Waals surface area contributed by atoms with Gasteiger partial charge in [-0.1, -0.05) is 0 Å². The van der Waals surface area contributed by atoms with Crippen molar-refractivity contribution in [2.45, 2.75) is 26.2 Å². The molecule has 0 bridgehead atoms. The van der Waals surface area contributed by atoms with E-state index in [-0.39, 0.29) is 36.9 Å². The largest absolute Gasteiger partial charge is 0.466 e.